The molecule has 162 valence electrons. The number of aromatic nitrogens is 1. The predicted molar refractivity (Wildman–Crippen MR) is 135 cm³/mol. The standard InChI is InChI=1S/C27H26ClN3O/c1-3-31(4-2)25-17-21-8-5-6-11-24(21)30-26(25)22-9-7-10-23(16-22)29-27(32)20-14-12-19(18-28)13-15-20/h5-17H,3-4,18H2,1-2H3,(H,29,32). The van der Waals surface area contributed by atoms with E-state index in [-0.39, 0.29) is 5.91 Å². The van der Waals surface area contributed by atoms with Gasteiger partial charge in [-0.15, -0.1) is 11.6 Å². The maximum atomic E-state index is 12.7. The van der Waals surface area contributed by atoms with E-state index in [1.165, 1.54) is 0 Å². The van der Waals surface area contributed by atoms with Crippen molar-refractivity contribution in [1.29, 1.82) is 0 Å². The summed E-state index contributed by atoms with van der Waals surface area (Å²) in [6, 6.07) is 25.5. The fraction of sp³-hybridized carbons (Fsp3) is 0.185. The molecule has 0 aliphatic carbocycles. The van der Waals surface area contributed by atoms with Crippen LogP contribution in [0.1, 0.15) is 29.8 Å². The highest BCUT2D eigenvalue weighted by Crippen LogP contribution is 2.33. The Morgan fingerprint density at radius 3 is 2.41 bits per heavy atom. The number of nitrogens with zero attached hydrogens (tertiary/aromatic N) is 2. The number of hydrogen-bond donors (Lipinski definition) is 1. The van der Waals surface area contributed by atoms with E-state index in [0.717, 1.165) is 52.2 Å². The minimum absolute atomic E-state index is 0.154. The summed E-state index contributed by atoms with van der Waals surface area (Å²) in [5.41, 5.74) is 6.23. The maximum absolute atomic E-state index is 12.7. The molecular formula is C27H26ClN3O. The van der Waals surface area contributed by atoms with E-state index in [1.807, 2.05) is 54.6 Å². The zero-order valence-electron chi connectivity index (χ0n) is 18.3. The number of pyridine rings is 1. The van der Waals surface area contributed by atoms with Crippen LogP contribution >= 0.6 is 11.6 Å². The van der Waals surface area contributed by atoms with Crippen LogP contribution in [-0.4, -0.2) is 24.0 Å². The fourth-order valence-corrected chi connectivity index (χ4v) is 3.99. The van der Waals surface area contributed by atoms with Crippen LogP contribution in [0.3, 0.4) is 0 Å². The summed E-state index contributed by atoms with van der Waals surface area (Å²) in [7, 11) is 0. The number of carbonyl (C=O) groups is 1. The van der Waals surface area contributed by atoms with Crippen LogP contribution in [-0.2, 0) is 5.88 Å². The van der Waals surface area contributed by atoms with E-state index in [1.54, 1.807) is 12.1 Å². The Labute approximate surface area is 193 Å². The summed E-state index contributed by atoms with van der Waals surface area (Å²) in [5, 5.41) is 4.12. The first-order valence-electron chi connectivity index (χ1n) is 10.8. The topological polar surface area (TPSA) is 45.2 Å². The summed E-state index contributed by atoms with van der Waals surface area (Å²) in [6.45, 7) is 6.07. The number of benzene rings is 3. The molecule has 0 atom stereocenters. The number of halogens is 1. The maximum Gasteiger partial charge on any atom is 0.255 e. The third-order valence-electron chi connectivity index (χ3n) is 5.57. The highest BCUT2D eigenvalue weighted by atomic mass is 35.5. The molecule has 0 aliphatic heterocycles. The minimum atomic E-state index is -0.154. The van der Waals surface area contributed by atoms with Crippen LogP contribution in [0, 0.1) is 0 Å². The molecule has 0 bridgehead atoms. The molecule has 0 saturated heterocycles. The Morgan fingerprint density at radius 2 is 1.69 bits per heavy atom. The molecular weight excluding hydrogens is 418 g/mol. The molecule has 1 amide bonds. The van der Waals surface area contributed by atoms with Crippen LogP contribution in [0.4, 0.5) is 11.4 Å². The molecule has 0 radical (unpaired) electrons. The quantitative estimate of drug-likeness (QED) is 0.322. The second kappa shape index (κ2) is 9.84. The molecule has 0 saturated carbocycles. The van der Waals surface area contributed by atoms with Gasteiger partial charge in [0.1, 0.15) is 0 Å². The summed E-state index contributed by atoms with van der Waals surface area (Å²) >= 11 is 5.85. The number of fused-ring (bicyclic) bond motifs is 1. The van der Waals surface area contributed by atoms with Crippen molar-refractivity contribution in [3.63, 3.8) is 0 Å². The Bertz CT molecular complexity index is 1230. The van der Waals surface area contributed by atoms with Gasteiger partial charge in [-0.2, -0.15) is 0 Å². The van der Waals surface area contributed by atoms with E-state index < -0.39 is 0 Å². The van der Waals surface area contributed by atoms with Gasteiger partial charge in [0, 0.05) is 41.2 Å². The average Bonchev–Trinajstić information content (AvgIpc) is 2.84. The summed E-state index contributed by atoms with van der Waals surface area (Å²) in [4.78, 5) is 20.0. The smallest absolute Gasteiger partial charge is 0.255 e. The lowest BCUT2D eigenvalue weighted by atomic mass is 10.1. The Balaban J connectivity index is 1.70. The van der Waals surface area contributed by atoms with Gasteiger partial charge in [-0.1, -0.05) is 42.5 Å². The van der Waals surface area contributed by atoms with Crippen LogP contribution in [0.25, 0.3) is 22.2 Å². The number of amides is 1. The van der Waals surface area contributed by atoms with Crippen LogP contribution < -0.4 is 10.2 Å². The van der Waals surface area contributed by atoms with Crippen molar-refractivity contribution in [2.45, 2.75) is 19.7 Å². The number of carbonyl (C=O) groups excluding carboxylic acids is 1. The number of rotatable bonds is 7. The second-order valence-electron chi connectivity index (χ2n) is 7.59. The van der Waals surface area contributed by atoms with E-state index in [4.69, 9.17) is 16.6 Å². The monoisotopic (exact) mass is 443 g/mol. The molecule has 0 spiro atoms. The molecule has 1 N–H and O–H groups in total. The van der Waals surface area contributed by atoms with Crippen LogP contribution in [0.5, 0.6) is 0 Å². The van der Waals surface area contributed by atoms with Crippen LogP contribution in [0.15, 0.2) is 78.9 Å². The molecule has 5 heteroatoms. The lowest BCUT2D eigenvalue weighted by Crippen LogP contribution is -2.23. The van der Waals surface area contributed by atoms with Gasteiger partial charge in [0.2, 0.25) is 0 Å². The molecule has 1 aromatic heterocycles. The number of alkyl halides is 1. The normalized spacial score (nSPS) is 10.8. The molecule has 0 unspecified atom stereocenters. The first-order chi connectivity index (χ1) is 15.6. The van der Waals surface area contributed by atoms with Crippen molar-refractivity contribution in [2.24, 2.45) is 0 Å². The highest BCUT2D eigenvalue weighted by Gasteiger charge is 2.15. The highest BCUT2D eigenvalue weighted by molar-refractivity contribution is 6.17. The SMILES string of the molecule is CCN(CC)c1cc2ccccc2nc1-c1cccc(NC(=O)c2ccc(CCl)cc2)c1. The summed E-state index contributed by atoms with van der Waals surface area (Å²) < 4.78 is 0. The van der Waals surface area contributed by atoms with E-state index in [9.17, 15) is 4.79 Å². The predicted octanol–water partition coefficient (Wildman–Crippen LogP) is 6.74. The average molecular weight is 444 g/mol. The zero-order valence-corrected chi connectivity index (χ0v) is 19.1. The Kier molecular flexibility index (Phi) is 6.72. The zero-order chi connectivity index (χ0) is 22.5. The van der Waals surface area contributed by atoms with Gasteiger partial charge < -0.3 is 10.2 Å². The summed E-state index contributed by atoms with van der Waals surface area (Å²) in [6.07, 6.45) is 0. The van der Waals surface area contributed by atoms with Crippen molar-refractivity contribution < 1.29 is 4.79 Å². The van der Waals surface area contributed by atoms with E-state index in [0.29, 0.717) is 11.4 Å². The second-order valence-corrected chi connectivity index (χ2v) is 7.85. The number of nitrogens with one attached hydrogen (secondary N) is 1. The largest absolute Gasteiger partial charge is 0.370 e. The van der Waals surface area contributed by atoms with Crippen LogP contribution in [0.2, 0.25) is 0 Å². The van der Waals surface area contributed by atoms with Gasteiger partial charge >= 0.3 is 0 Å². The minimum Gasteiger partial charge on any atom is -0.370 e. The fourth-order valence-electron chi connectivity index (χ4n) is 3.82. The van der Waals surface area contributed by atoms with Gasteiger partial charge in [0.25, 0.3) is 5.91 Å². The third-order valence-corrected chi connectivity index (χ3v) is 5.88. The van der Waals surface area contributed by atoms with Crippen molar-refractivity contribution in [3.8, 4) is 11.3 Å². The Hall–Kier alpha value is -3.37. The number of para-hydroxylation sites is 1. The Morgan fingerprint density at radius 1 is 0.938 bits per heavy atom. The molecule has 1 heterocycles. The third kappa shape index (κ3) is 4.61. The molecule has 32 heavy (non-hydrogen) atoms. The van der Waals surface area contributed by atoms with E-state index >= 15 is 0 Å². The van der Waals surface area contributed by atoms with Gasteiger partial charge in [0.15, 0.2) is 0 Å². The van der Waals surface area contributed by atoms with Crippen molar-refractivity contribution >= 4 is 39.8 Å². The van der Waals surface area contributed by atoms with E-state index in [2.05, 4.69) is 36.2 Å². The lowest BCUT2D eigenvalue weighted by Gasteiger charge is -2.24. The lowest BCUT2D eigenvalue weighted by molar-refractivity contribution is 0.102. The molecule has 0 aliphatic rings. The van der Waals surface area contributed by atoms with Crippen molar-refractivity contribution in [2.75, 3.05) is 23.3 Å². The van der Waals surface area contributed by atoms with Crippen molar-refractivity contribution in [3.05, 3.63) is 90.0 Å². The first-order valence-corrected chi connectivity index (χ1v) is 11.4. The van der Waals surface area contributed by atoms with Gasteiger partial charge in [-0.25, -0.2) is 4.98 Å². The molecule has 3 aromatic carbocycles. The van der Waals surface area contributed by atoms with Crippen molar-refractivity contribution in [1.82, 2.24) is 4.98 Å². The molecule has 0 fully saturated rings. The summed E-state index contributed by atoms with van der Waals surface area (Å²) in [5.74, 6) is 0.274. The molecule has 4 nitrogen and oxygen atoms in total. The first kappa shape index (κ1) is 21.8. The number of anilines is 2. The molecule has 4 aromatic rings. The molecule has 4 rings (SSSR count). The number of hydrogen-bond acceptors (Lipinski definition) is 3. The van der Waals surface area contributed by atoms with Gasteiger partial charge in [-0.3, -0.25) is 4.79 Å². The van der Waals surface area contributed by atoms with Gasteiger partial charge in [0.05, 0.1) is 16.9 Å². The van der Waals surface area contributed by atoms with Gasteiger partial charge in [-0.05, 0) is 55.8 Å².